The molecular formula is C24H23N5O4. The van der Waals surface area contributed by atoms with E-state index in [9.17, 15) is 14.4 Å². The average Bonchev–Trinajstić information content (AvgIpc) is 3.42. The van der Waals surface area contributed by atoms with Crippen molar-refractivity contribution in [1.29, 1.82) is 0 Å². The number of aromatic nitrogens is 4. The molecule has 1 fully saturated rings. The lowest BCUT2D eigenvalue weighted by atomic mass is 10.1. The lowest BCUT2D eigenvalue weighted by molar-refractivity contribution is -0.117. The van der Waals surface area contributed by atoms with Gasteiger partial charge in [0.25, 0.3) is 0 Å². The average molecular weight is 445 g/mol. The molecule has 1 atom stereocenters. The van der Waals surface area contributed by atoms with Gasteiger partial charge in [0.05, 0.1) is 17.0 Å². The first-order chi connectivity index (χ1) is 15.8. The van der Waals surface area contributed by atoms with Gasteiger partial charge in [-0.1, -0.05) is 22.9 Å². The van der Waals surface area contributed by atoms with Gasteiger partial charge in [-0.3, -0.25) is 19.0 Å². The summed E-state index contributed by atoms with van der Waals surface area (Å²) in [5.41, 5.74) is 2.49. The summed E-state index contributed by atoms with van der Waals surface area (Å²) in [5.74, 6) is 0.565. The van der Waals surface area contributed by atoms with E-state index in [0.29, 0.717) is 41.3 Å². The van der Waals surface area contributed by atoms with Crippen LogP contribution in [0.1, 0.15) is 43.7 Å². The Morgan fingerprint density at radius 3 is 2.58 bits per heavy atom. The number of H-pyrrole nitrogens is 1. The van der Waals surface area contributed by atoms with Crippen molar-refractivity contribution in [3.05, 3.63) is 74.6 Å². The van der Waals surface area contributed by atoms with Crippen LogP contribution in [0.4, 0.5) is 5.69 Å². The molecule has 2 aromatic carbocycles. The molecule has 1 amide bonds. The summed E-state index contributed by atoms with van der Waals surface area (Å²) in [5, 5.41) is 4.09. The predicted octanol–water partition coefficient (Wildman–Crippen LogP) is 3.15. The highest BCUT2D eigenvalue weighted by atomic mass is 16.5. The molecule has 1 N–H and O–H groups in total. The zero-order valence-electron chi connectivity index (χ0n) is 18.5. The fourth-order valence-electron chi connectivity index (χ4n) is 4.26. The Kier molecular flexibility index (Phi) is 4.96. The van der Waals surface area contributed by atoms with Crippen LogP contribution in [0.5, 0.6) is 0 Å². The molecule has 0 aliphatic carbocycles. The molecule has 33 heavy (non-hydrogen) atoms. The maximum atomic E-state index is 12.6. The first-order valence-electron chi connectivity index (χ1n) is 10.8. The van der Waals surface area contributed by atoms with Crippen molar-refractivity contribution < 1.29 is 9.32 Å². The summed E-state index contributed by atoms with van der Waals surface area (Å²) in [6.45, 7) is 6.17. The van der Waals surface area contributed by atoms with Gasteiger partial charge < -0.3 is 14.4 Å². The molecule has 2 aromatic heterocycles. The molecule has 1 aliphatic heterocycles. The normalized spacial score (nSPS) is 16.3. The molecule has 1 saturated heterocycles. The fourth-order valence-corrected chi connectivity index (χ4v) is 4.26. The van der Waals surface area contributed by atoms with Crippen molar-refractivity contribution in [2.45, 2.75) is 39.2 Å². The van der Waals surface area contributed by atoms with Crippen LogP contribution in [0.15, 0.2) is 56.6 Å². The second-order valence-corrected chi connectivity index (χ2v) is 8.65. The minimum absolute atomic E-state index is 0.0125. The second kappa shape index (κ2) is 7.84. The summed E-state index contributed by atoms with van der Waals surface area (Å²) in [6, 6.07) is 12.9. The van der Waals surface area contributed by atoms with E-state index in [0.717, 1.165) is 11.3 Å². The number of amides is 1. The first kappa shape index (κ1) is 20.9. The van der Waals surface area contributed by atoms with Gasteiger partial charge >= 0.3 is 11.1 Å². The van der Waals surface area contributed by atoms with Crippen molar-refractivity contribution in [1.82, 2.24) is 19.7 Å². The Morgan fingerprint density at radius 2 is 1.85 bits per heavy atom. The third-order valence-corrected chi connectivity index (χ3v) is 5.95. The zero-order valence-corrected chi connectivity index (χ0v) is 18.5. The van der Waals surface area contributed by atoms with Gasteiger partial charge in [-0.2, -0.15) is 4.98 Å². The minimum Gasteiger partial charge on any atom is -0.339 e. The van der Waals surface area contributed by atoms with Gasteiger partial charge in [-0.25, -0.2) is 0 Å². The van der Waals surface area contributed by atoms with E-state index in [1.165, 1.54) is 4.57 Å². The van der Waals surface area contributed by atoms with E-state index in [-0.39, 0.29) is 17.9 Å². The van der Waals surface area contributed by atoms with Crippen LogP contribution < -0.4 is 16.0 Å². The Balaban J connectivity index is 1.45. The van der Waals surface area contributed by atoms with Crippen LogP contribution in [-0.2, 0) is 4.79 Å². The summed E-state index contributed by atoms with van der Waals surface area (Å²) in [4.78, 5) is 45.8. The van der Waals surface area contributed by atoms with E-state index >= 15 is 0 Å². The topological polar surface area (TPSA) is 114 Å². The number of hydrogen-bond acceptors (Lipinski definition) is 6. The number of aryl methyl sites for hydroxylation is 1. The third kappa shape index (κ3) is 3.65. The molecule has 3 heterocycles. The molecule has 5 rings (SSSR count). The lowest BCUT2D eigenvalue weighted by Gasteiger charge is -2.16. The van der Waals surface area contributed by atoms with Crippen LogP contribution in [-0.4, -0.2) is 32.1 Å². The third-order valence-electron chi connectivity index (χ3n) is 5.95. The van der Waals surface area contributed by atoms with E-state index < -0.39 is 11.1 Å². The van der Waals surface area contributed by atoms with Gasteiger partial charge in [0, 0.05) is 30.3 Å². The smallest absolute Gasteiger partial charge is 0.316 e. The largest absolute Gasteiger partial charge is 0.339 e. The Labute approximate surface area is 188 Å². The van der Waals surface area contributed by atoms with Crippen LogP contribution in [0, 0.1) is 6.92 Å². The van der Waals surface area contributed by atoms with Gasteiger partial charge in [-0.05, 0) is 51.1 Å². The number of carbonyl (C=O) groups is 1. The number of benzene rings is 2. The molecule has 0 radical (unpaired) electrons. The van der Waals surface area contributed by atoms with Crippen molar-refractivity contribution >= 4 is 22.6 Å². The van der Waals surface area contributed by atoms with Gasteiger partial charge in [0.2, 0.25) is 17.6 Å². The molecule has 0 saturated carbocycles. The summed E-state index contributed by atoms with van der Waals surface area (Å²) in [7, 11) is 0. The van der Waals surface area contributed by atoms with Crippen LogP contribution in [0.25, 0.3) is 22.4 Å². The predicted molar refractivity (Wildman–Crippen MR) is 123 cm³/mol. The van der Waals surface area contributed by atoms with Crippen molar-refractivity contribution in [2.24, 2.45) is 0 Å². The van der Waals surface area contributed by atoms with Crippen LogP contribution in [0.2, 0.25) is 0 Å². The maximum absolute atomic E-state index is 12.6. The Bertz CT molecular complexity index is 1480. The maximum Gasteiger partial charge on any atom is 0.316 e. The van der Waals surface area contributed by atoms with Crippen LogP contribution >= 0.6 is 0 Å². The number of anilines is 1. The highest BCUT2D eigenvalue weighted by molar-refractivity contribution is 5.96. The minimum atomic E-state index is -0.678. The summed E-state index contributed by atoms with van der Waals surface area (Å²) in [6.07, 6.45) is 0.293. The molecule has 1 aliphatic rings. The van der Waals surface area contributed by atoms with Gasteiger partial charge in [-0.15, -0.1) is 0 Å². The standard InChI is InChI=1S/C24H23N5O4/c1-13(2)29-19-9-6-15(10-18(19)25-22(31)24(29)32)21-26-23(33-27-21)16-11-20(30)28(12-16)17-7-4-14(3)5-8-17/h4-10,13,16H,11-12H2,1-3H3,(H,25,31)/t16-/m0/s1. The second-order valence-electron chi connectivity index (χ2n) is 8.65. The van der Waals surface area contributed by atoms with Gasteiger partial charge in [0.15, 0.2) is 0 Å². The van der Waals surface area contributed by atoms with E-state index in [4.69, 9.17) is 4.52 Å². The highest BCUT2D eigenvalue weighted by Gasteiger charge is 2.35. The van der Waals surface area contributed by atoms with E-state index in [2.05, 4.69) is 15.1 Å². The molecular weight excluding hydrogens is 422 g/mol. The number of rotatable bonds is 4. The molecule has 0 spiro atoms. The van der Waals surface area contributed by atoms with Crippen molar-refractivity contribution in [2.75, 3.05) is 11.4 Å². The fraction of sp³-hybridized carbons (Fsp3) is 0.292. The van der Waals surface area contributed by atoms with Gasteiger partial charge in [0.1, 0.15) is 0 Å². The molecule has 9 nitrogen and oxygen atoms in total. The highest BCUT2D eigenvalue weighted by Crippen LogP contribution is 2.32. The lowest BCUT2D eigenvalue weighted by Crippen LogP contribution is -2.37. The van der Waals surface area contributed by atoms with Crippen molar-refractivity contribution in [3.8, 4) is 11.4 Å². The van der Waals surface area contributed by atoms with Crippen LogP contribution in [0.3, 0.4) is 0 Å². The quantitative estimate of drug-likeness (QED) is 0.483. The number of hydrogen-bond donors (Lipinski definition) is 1. The molecule has 0 bridgehead atoms. The Morgan fingerprint density at radius 1 is 1.09 bits per heavy atom. The number of nitrogens with zero attached hydrogens (tertiary/aromatic N) is 4. The Hall–Kier alpha value is -4.01. The molecule has 9 heteroatoms. The van der Waals surface area contributed by atoms with E-state index in [1.807, 2.05) is 45.0 Å². The number of aromatic amines is 1. The van der Waals surface area contributed by atoms with Crippen molar-refractivity contribution in [3.63, 3.8) is 0 Å². The number of fused-ring (bicyclic) bond motifs is 1. The summed E-state index contributed by atoms with van der Waals surface area (Å²) >= 11 is 0. The summed E-state index contributed by atoms with van der Waals surface area (Å²) < 4.78 is 6.97. The zero-order chi connectivity index (χ0) is 23.3. The molecule has 4 aromatic rings. The SMILES string of the molecule is Cc1ccc(N2C[C@@H](c3nc(-c4ccc5c(c4)[nH]c(=O)c(=O)n5C(C)C)no3)CC2=O)cc1. The molecule has 168 valence electrons. The number of nitrogens with one attached hydrogen (secondary N) is 1. The monoisotopic (exact) mass is 445 g/mol. The first-order valence-corrected chi connectivity index (χ1v) is 10.8. The number of carbonyl (C=O) groups excluding carboxylic acids is 1. The molecule has 0 unspecified atom stereocenters. The van der Waals surface area contributed by atoms with E-state index in [1.54, 1.807) is 23.1 Å².